The average molecular weight is 313 g/mol. The lowest BCUT2D eigenvalue weighted by Gasteiger charge is -2.17. The summed E-state index contributed by atoms with van der Waals surface area (Å²) in [6.45, 7) is 2.84. The minimum atomic E-state index is -0.223. The summed E-state index contributed by atoms with van der Waals surface area (Å²) in [5.41, 5.74) is 1.26. The third-order valence-electron chi connectivity index (χ3n) is 4.19. The number of benzene rings is 1. The maximum absolute atomic E-state index is 12.4. The normalized spacial score (nSPS) is 17.6. The molecular formula is C17H19N3O3. The molecule has 1 unspecified atom stereocenters. The molecule has 1 aliphatic heterocycles. The molecule has 0 saturated carbocycles. The fraction of sp³-hybridized carbons (Fsp3) is 0.353. The van der Waals surface area contributed by atoms with E-state index in [4.69, 9.17) is 4.74 Å². The fourth-order valence-corrected chi connectivity index (χ4v) is 2.91. The Hall–Kier alpha value is -2.63. The molecule has 0 bridgehead atoms. The van der Waals surface area contributed by atoms with Gasteiger partial charge in [0.15, 0.2) is 0 Å². The van der Waals surface area contributed by atoms with Gasteiger partial charge in [0, 0.05) is 31.6 Å². The quantitative estimate of drug-likeness (QED) is 0.863. The van der Waals surface area contributed by atoms with E-state index < -0.39 is 0 Å². The van der Waals surface area contributed by atoms with Gasteiger partial charge >= 0.3 is 0 Å². The Morgan fingerprint density at radius 3 is 2.61 bits per heavy atom. The Morgan fingerprint density at radius 2 is 1.96 bits per heavy atom. The van der Waals surface area contributed by atoms with E-state index in [1.807, 2.05) is 31.2 Å². The molecule has 0 aliphatic carbocycles. The molecule has 0 N–H and O–H groups in total. The SMILES string of the molecule is CCn1nccc(N2CC(c3ccc(OC)cc3)CC2=O)c1=O. The van der Waals surface area contributed by atoms with Crippen LogP contribution in [0.4, 0.5) is 5.69 Å². The molecule has 0 radical (unpaired) electrons. The summed E-state index contributed by atoms with van der Waals surface area (Å²) < 4.78 is 6.52. The van der Waals surface area contributed by atoms with Gasteiger partial charge in [-0.15, -0.1) is 0 Å². The summed E-state index contributed by atoms with van der Waals surface area (Å²) in [5.74, 6) is 0.836. The molecule has 3 rings (SSSR count). The Kier molecular flexibility index (Phi) is 4.14. The van der Waals surface area contributed by atoms with Gasteiger partial charge in [-0.1, -0.05) is 12.1 Å². The smallest absolute Gasteiger partial charge is 0.290 e. The van der Waals surface area contributed by atoms with E-state index in [2.05, 4.69) is 5.10 Å². The largest absolute Gasteiger partial charge is 0.497 e. The predicted octanol–water partition coefficient (Wildman–Crippen LogP) is 1.79. The van der Waals surface area contributed by atoms with E-state index >= 15 is 0 Å². The zero-order valence-electron chi connectivity index (χ0n) is 13.2. The minimum absolute atomic E-state index is 0.0308. The first-order valence-corrected chi connectivity index (χ1v) is 7.64. The van der Waals surface area contributed by atoms with Crippen molar-refractivity contribution in [2.45, 2.75) is 25.8 Å². The zero-order chi connectivity index (χ0) is 16.4. The van der Waals surface area contributed by atoms with E-state index in [1.165, 1.54) is 4.68 Å². The Bertz CT molecular complexity index is 767. The summed E-state index contributed by atoms with van der Waals surface area (Å²) in [6.07, 6.45) is 1.97. The van der Waals surface area contributed by atoms with Crippen molar-refractivity contribution in [3.63, 3.8) is 0 Å². The van der Waals surface area contributed by atoms with Crippen LogP contribution < -0.4 is 15.2 Å². The zero-order valence-corrected chi connectivity index (χ0v) is 13.2. The van der Waals surface area contributed by atoms with Crippen molar-refractivity contribution in [3.8, 4) is 5.75 Å². The molecule has 2 aromatic rings. The van der Waals surface area contributed by atoms with E-state index in [1.54, 1.807) is 24.3 Å². The van der Waals surface area contributed by atoms with Gasteiger partial charge in [0.25, 0.3) is 5.56 Å². The van der Waals surface area contributed by atoms with Crippen molar-refractivity contribution < 1.29 is 9.53 Å². The Balaban J connectivity index is 1.86. The van der Waals surface area contributed by atoms with Crippen LogP contribution in [0.3, 0.4) is 0 Å². The van der Waals surface area contributed by atoms with Gasteiger partial charge in [-0.25, -0.2) is 4.68 Å². The van der Waals surface area contributed by atoms with Crippen molar-refractivity contribution in [2.75, 3.05) is 18.6 Å². The fourth-order valence-electron chi connectivity index (χ4n) is 2.91. The van der Waals surface area contributed by atoms with E-state index in [0.29, 0.717) is 25.2 Å². The average Bonchev–Trinajstić information content (AvgIpc) is 2.97. The van der Waals surface area contributed by atoms with Crippen LogP contribution >= 0.6 is 0 Å². The van der Waals surface area contributed by atoms with Crippen LogP contribution in [0.15, 0.2) is 41.3 Å². The standard InChI is InChI=1S/C17H19N3O3/c1-3-20-17(22)15(8-9-18-20)19-11-13(10-16(19)21)12-4-6-14(23-2)7-5-12/h4-9,13H,3,10-11H2,1-2H3. The van der Waals surface area contributed by atoms with Gasteiger partial charge in [-0.05, 0) is 30.7 Å². The number of aryl methyl sites for hydroxylation is 1. The lowest BCUT2D eigenvalue weighted by atomic mass is 9.98. The lowest BCUT2D eigenvalue weighted by molar-refractivity contribution is -0.117. The maximum atomic E-state index is 12.4. The molecule has 2 heterocycles. The molecule has 1 saturated heterocycles. The van der Waals surface area contributed by atoms with Crippen LogP contribution in [-0.2, 0) is 11.3 Å². The first-order valence-electron chi connectivity index (χ1n) is 7.64. The molecule has 120 valence electrons. The molecule has 1 aromatic carbocycles. The molecular weight excluding hydrogens is 294 g/mol. The molecule has 6 heteroatoms. The van der Waals surface area contributed by atoms with Gasteiger partial charge in [0.05, 0.1) is 7.11 Å². The number of methoxy groups -OCH3 is 1. The summed E-state index contributed by atoms with van der Waals surface area (Å²) in [6, 6.07) is 9.33. The molecule has 1 atom stereocenters. The van der Waals surface area contributed by atoms with Gasteiger partial charge < -0.3 is 9.64 Å². The van der Waals surface area contributed by atoms with Crippen molar-refractivity contribution in [1.29, 1.82) is 0 Å². The summed E-state index contributed by atoms with van der Waals surface area (Å²) in [4.78, 5) is 26.3. The van der Waals surface area contributed by atoms with E-state index in [0.717, 1.165) is 11.3 Å². The van der Waals surface area contributed by atoms with E-state index in [-0.39, 0.29) is 17.4 Å². The van der Waals surface area contributed by atoms with Crippen LogP contribution in [-0.4, -0.2) is 29.3 Å². The van der Waals surface area contributed by atoms with Gasteiger partial charge in [0.1, 0.15) is 11.4 Å². The highest BCUT2D eigenvalue weighted by Gasteiger charge is 2.33. The number of carbonyl (C=O) groups is 1. The number of amides is 1. The first kappa shape index (κ1) is 15.3. The van der Waals surface area contributed by atoms with Gasteiger partial charge in [-0.3, -0.25) is 9.59 Å². The third kappa shape index (κ3) is 2.84. The third-order valence-corrected chi connectivity index (χ3v) is 4.19. The van der Waals surface area contributed by atoms with Gasteiger partial charge in [0.2, 0.25) is 5.91 Å². The van der Waals surface area contributed by atoms with Crippen LogP contribution in [0, 0.1) is 0 Å². The van der Waals surface area contributed by atoms with Crippen LogP contribution in [0.25, 0.3) is 0 Å². The number of hydrogen-bond acceptors (Lipinski definition) is 4. The van der Waals surface area contributed by atoms with Crippen molar-refractivity contribution in [2.24, 2.45) is 0 Å². The first-order chi connectivity index (χ1) is 11.1. The number of anilines is 1. The predicted molar refractivity (Wildman–Crippen MR) is 86.9 cm³/mol. The van der Waals surface area contributed by atoms with E-state index in [9.17, 15) is 9.59 Å². The highest BCUT2D eigenvalue weighted by Crippen LogP contribution is 2.31. The topological polar surface area (TPSA) is 64.4 Å². The second-order valence-corrected chi connectivity index (χ2v) is 5.52. The van der Waals surface area contributed by atoms with Crippen LogP contribution in [0.2, 0.25) is 0 Å². The second-order valence-electron chi connectivity index (χ2n) is 5.52. The summed E-state index contributed by atoms with van der Waals surface area (Å²) >= 11 is 0. The number of aromatic nitrogens is 2. The minimum Gasteiger partial charge on any atom is -0.497 e. The molecule has 1 fully saturated rings. The van der Waals surface area contributed by atoms with Gasteiger partial charge in [-0.2, -0.15) is 5.10 Å². The van der Waals surface area contributed by atoms with Crippen molar-refractivity contribution in [3.05, 3.63) is 52.4 Å². The van der Waals surface area contributed by atoms with Crippen molar-refractivity contribution in [1.82, 2.24) is 9.78 Å². The number of hydrogen-bond donors (Lipinski definition) is 0. The number of carbonyl (C=O) groups excluding carboxylic acids is 1. The number of ether oxygens (including phenoxy) is 1. The highest BCUT2D eigenvalue weighted by molar-refractivity contribution is 5.96. The molecule has 1 aromatic heterocycles. The molecule has 23 heavy (non-hydrogen) atoms. The molecule has 1 amide bonds. The summed E-state index contributed by atoms with van der Waals surface area (Å²) in [7, 11) is 1.62. The maximum Gasteiger partial charge on any atom is 0.290 e. The van der Waals surface area contributed by atoms with Crippen LogP contribution in [0.1, 0.15) is 24.8 Å². The number of rotatable bonds is 4. The molecule has 6 nitrogen and oxygen atoms in total. The molecule has 0 spiro atoms. The van der Waals surface area contributed by atoms with Crippen LogP contribution in [0.5, 0.6) is 5.75 Å². The van der Waals surface area contributed by atoms with Crippen molar-refractivity contribution >= 4 is 11.6 Å². The molecule has 1 aliphatic rings. The highest BCUT2D eigenvalue weighted by atomic mass is 16.5. The Labute approximate surface area is 134 Å². The monoisotopic (exact) mass is 313 g/mol. The summed E-state index contributed by atoms with van der Waals surface area (Å²) in [5, 5.41) is 4.00. The second kappa shape index (κ2) is 6.24. The Morgan fingerprint density at radius 1 is 1.22 bits per heavy atom. The lowest BCUT2D eigenvalue weighted by Crippen LogP contribution is -2.33. The number of nitrogens with zero attached hydrogens (tertiary/aromatic N) is 3.